The van der Waals surface area contributed by atoms with Gasteiger partial charge in [-0.1, -0.05) is 29.3 Å². The molecule has 0 aliphatic carbocycles. The number of hydrogen-bond acceptors (Lipinski definition) is 3. The Morgan fingerprint density at radius 2 is 1.88 bits per heavy atom. The van der Waals surface area contributed by atoms with E-state index >= 15 is 0 Å². The third kappa shape index (κ3) is 5.24. The van der Waals surface area contributed by atoms with Crippen molar-refractivity contribution >= 4 is 39.3 Å². The van der Waals surface area contributed by atoms with Crippen molar-refractivity contribution in [3.05, 3.63) is 33.8 Å². The lowest BCUT2D eigenvalue weighted by Gasteiger charge is -2.31. The van der Waals surface area contributed by atoms with Crippen LogP contribution in [0.3, 0.4) is 0 Å². The van der Waals surface area contributed by atoms with Crippen molar-refractivity contribution in [2.45, 2.75) is 31.8 Å². The first kappa shape index (κ1) is 19.3. The predicted octanol–water partition coefficient (Wildman–Crippen LogP) is 2.78. The van der Waals surface area contributed by atoms with Gasteiger partial charge in [0.25, 0.3) is 0 Å². The van der Waals surface area contributed by atoms with Crippen LogP contribution in [0.1, 0.15) is 31.4 Å². The zero-order valence-corrected chi connectivity index (χ0v) is 15.9. The largest absolute Gasteiger partial charge is 0.335 e. The normalized spacial score (nSPS) is 18.2. The summed E-state index contributed by atoms with van der Waals surface area (Å²) in [5.41, 5.74) is 0.853. The molecule has 1 fully saturated rings. The quantitative estimate of drug-likeness (QED) is 0.825. The number of rotatable bonds is 4. The standard InChI is InChI=1S/C15H21Cl2N3O3S/c1-10(11-3-4-13(16)14(17)9-11)18-15(21)19-12-5-7-20(8-6-12)24(2,22)23/h3-4,9-10,12H,5-8H2,1-2H3,(H2,18,19,21). The molecule has 134 valence electrons. The minimum absolute atomic E-state index is 0.0380. The second-order valence-corrected chi connectivity index (χ2v) is 8.75. The van der Waals surface area contributed by atoms with Gasteiger partial charge in [-0.05, 0) is 37.5 Å². The van der Waals surface area contributed by atoms with E-state index in [1.807, 2.05) is 13.0 Å². The summed E-state index contributed by atoms with van der Waals surface area (Å²) in [5, 5.41) is 6.64. The highest BCUT2D eigenvalue weighted by atomic mass is 35.5. The second-order valence-electron chi connectivity index (χ2n) is 5.95. The van der Waals surface area contributed by atoms with Gasteiger partial charge in [-0.3, -0.25) is 0 Å². The van der Waals surface area contributed by atoms with Gasteiger partial charge in [0.15, 0.2) is 0 Å². The molecule has 0 radical (unpaired) electrons. The van der Waals surface area contributed by atoms with E-state index in [0.717, 1.165) is 5.56 Å². The highest BCUT2D eigenvalue weighted by Gasteiger charge is 2.26. The molecule has 0 saturated carbocycles. The Hall–Kier alpha value is -1.02. The average molecular weight is 394 g/mol. The van der Waals surface area contributed by atoms with E-state index in [0.29, 0.717) is 36.0 Å². The lowest BCUT2D eigenvalue weighted by atomic mass is 10.1. The van der Waals surface area contributed by atoms with Gasteiger partial charge in [0, 0.05) is 19.1 Å². The fourth-order valence-electron chi connectivity index (χ4n) is 2.62. The Morgan fingerprint density at radius 1 is 1.25 bits per heavy atom. The van der Waals surface area contributed by atoms with Crippen molar-refractivity contribution in [2.24, 2.45) is 0 Å². The molecule has 2 amide bonds. The van der Waals surface area contributed by atoms with Crippen molar-refractivity contribution < 1.29 is 13.2 Å². The molecule has 0 aromatic heterocycles. The van der Waals surface area contributed by atoms with Crippen LogP contribution in [0.15, 0.2) is 18.2 Å². The molecule has 1 aliphatic rings. The van der Waals surface area contributed by atoms with E-state index in [2.05, 4.69) is 10.6 Å². The molecular weight excluding hydrogens is 373 g/mol. The number of benzene rings is 1. The molecule has 1 aliphatic heterocycles. The Kier molecular flexibility index (Phi) is 6.36. The van der Waals surface area contributed by atoms with E-state index in [9.17, 15) is 13.2 Å². The third-order valence-corrected chi connectivity index (χ3v) is 6.09. The first-order valence-corrected chi connectivity index (χ1v) is 10.2. The summed E-state index contributed by atoms with van der Waals surface area (Å²) >= 11 is 11.9. The summed E-state index contributed by atoms with van der Waals surface area (Å²) in [6, 6.07) is 4.67. The van der Waals surface area contributed by atoms with Crippen molar-refractivity contribution in [1.82, 2.24) is 14.9 Å². The summed E-state index contributed by atoms with van der Waals surface area (Å²) < 4.78 is 24.4. The SMILES string of the molecule is CC(NC(=O)NC1CCN(S(C)(=O)=O)CC1)c1ccc(Cl)c(Cl)c1. The number of nitrogens with one attached hydrogen (secondary N) is 2. The smallest absolute Gasteiger partial charge is 0.315 e. The Balaban J connectivity index is 1.84. The average Bonchev–Trinajstić information content (AvgIpc) is 2.49. The molecule has 1 atom stereocenters. The van der Waals surface area contributed by atoms with Gasteiger partial charge in [0.1, 0.15) is 0 Å². The molecule has 1 unspecified atom stereocenters. The first-order valence-electron chi connectivity index (χ1n) is 7.64. The summed E-state index contributed by atoms with van der Waals surface area (Å²) in [7, 11) is -3.16. The summed E-state index contributed by atoms with van der Waals surface area (Å²) in [4.78, 5) is 12.1. The molecule has 1 saturated heterocycles. The van der Waals surface area contributed by atoms with Gasteiger partial charge in [-0.25, -0.2) is 17.5 Å². The van der Waals surface area contributed by atoms with E-state index in [-0.39, 0.29) is 18.1 Å². The fourth-order valence-corrected chi connectivity index (χ4v) is 3.80. The van der Waals surface area contributed by atoms with Crippen molar-refractivity contribution in [2.75, 3.05) is 19.3 Å². The zero-order valence-electron chi connectivity index (χ0n) is 13.6. The van der Waals surface area contributed by atoms with Crippen LogP contribution < -0.4 is 10.6 Å². The van der Waals surface area contributed by atoms with Crippen LogP contribution in [0, 0.1) is 0 Å². The second kappa shape index (κ2) is 7.91. The van der Waals surface area contributed by atoms with Crippen LogP contribution in [0.25, 0.3) is 0 Å². The van der Waals surface area contributed by atoms with Gasteiger partial charge >= 0.3 is 6.03 Å². The number of halogens is 2. The summed E-state index contributed by atoms with van der Waals surface area (Å²) in [6.07, 6.45) is 2.40. The van der Waals surface area contributed by atoms with Crippen LogP contribution >= 0.6 is 23.2 Å². The lowest BCUT2D eigenvalue weighted by Crippen LogP contribution is -2.49. The molecule has 9 heteroatoms. The van der Waals surface area contributed by atoms with Crippen molar-refractivity contribution in [1.29, 1.82) is 0 Å². The molecule has 0 bridgehead atoms. The van der Waals surface area contributed by atoms with Gasteiger partial charge in [-0.2, -0.15) is 0 Å². The molecular formula is C15H21Cl2N3O3S. The molecule has 24 heavy (non-hydrogen) atoms. The number of nitrogens with zero attached hydrogens (tertiary/aromatic N) is 1. The predicted molar refractivity (Wildman–Crippen MR) is 96.0 cm³/mol. The fraction of sp³-hybridized carbons (Fsp3) is 0.533. The van der Waals surface area contributed by atoms with Crippen LogP contribution in [0.5, 0.6) is 0 Å². The number of piperidine rings is 1. The van der Waals surface area contributed by atoms with Gasteiger partial charge < -0.3 is 10.6 Å². The number of carbonyl (C=O) groups is 1. The number of amides is 2. The monoisotopic (exact) mass is 393 g/mol. The van der Waals surface area contributed by atoms with E-state index < -0.39 is 10.0 Å². The number of urea groups is 1. The summed E-state index contributed by atoms with van der Waals surface area (Å²) in [6.45, 7) is 2.70. The van der Waals surface area contributed by atoms with Gasteiger partial charge in [0.05, 0.1) is 22.3 Å². The molecule has 1 aromatic carbocycles. The molecule has 2 rings (SSSR count). The minimum atomic E-state index is -3.16. The third-order valence-electron chi connectivity index (χ3n) is 4.05. The molecule has 2 N–H and O–H groups in total. The van der Waals surface area contributed by atoms with E-state index in [4.69, 9.17) is 23.2 Å². The van der Waals surface area contributed by atoms with Crippen LogP contribution in [0.2, 0.25) is 10.0 Å². The first-order chi connectivity index (χ1) is 11.2. The van der Waals surface area contributed by atoms with Crippen LogP contribution in [-0.2, 0) is 10.0 Å². The van der Waals surface area contributed by atoms with Gasteiger partial charge in [0.2, 0.25) is 10.0 Å². The van der Waals surface area contributed by atoms with Gasteiger partial charge in [-0.15, -0.1) is 0 Å². The van der Waals surface area contributed by atoms with Crippen molar-refractivity contribution in [3.8, 4) is 0 Å². The lowest BCUT2D eigenvalue weighted by molar-refractivity contribution is 0.225. The topological polar surface area (TPSA) is 78.5 Å². The highest BCUT2D eigenvalue weighted by molar-refractivity contribution is 7.88. The minimum Gasteiger partial charge on any atom is -0.335 e. The summed E-state index contributed by atoms with van der Waals surface area (Å²) in [5.74, 6) is 0. The molecule has 6 nitrogen and oxygen atoms in total. The number of sulfonamides is 1. The van der Waals surface area contributed by atoms with E-state index in [1.54, 1.807) is 12.1 Å². The van der Waals surface area contributed by atoms with Crippen LogP contribution in [0.4, 0.5) is 4.79 Å². The Bertz CT molecular complexity index is 704. The zero-order chi connectivity index (χ0) is 17.9. The molecule has 0 spiro atoms. The Labute approximate surface area is 152 Å². The number of carbonyl (C=O) groups excluding carboxylic acids is 1. The Morgan fingerprint density at radius 3 is 2.42 bits per heavy atom. The highest BCUT2D eigenvalue weighted by Crippen LogP contribution is 2.25. The maximum absolute atomic E-state index is 12.1. The maximum atomic E-state index is 12.1. The number of hydrogen-bond donors (Lipinski definition) is 2. The maximum Gasteiger partial charge on any atom is 0.315 e. The van der Waals surface area contributed by atoms with E-state index in [1.165, 1.54) is 10.6 Å². The van der Waals surface area contributed by atoms with Crippen LogP contribution in [-0.4, -0.2) is 44.1 Å². The van der Waals surface area contributed by atoms with Crippen molar-refractivity contribution in [3.63, 3.8) is 0 Å². The molecule has 1 aromatic rings. The molecule has 1 heterocycles.